The molecule has 0 aliphatic carbocycles. The van der Waals surface area contributed by atoms with Gasteiger partial charge in [-0.25, -0.2) is 8.42 Å². The summed E-state index contributed by atoms with van der Waals surface area (Å²) in [6.45, 7) is 2.88. The number of ketones is 1. The van der Waals surface area contributed by atoms with Gasteiger partial charge in [0.15, 0.2) is 9.84 Å². The second kappa shape index (κ2) is 6.06. The van der Waals surface area contributed by atoms with Crippen LogP contribution in [0.25, 0.3) is 0 Å². The highest BCUT2D eigenvalue weighted by Crippen LogP contribution is 2.31. The molecule has 19 heavy (non-hydrogen) atoms. The van der Waals surface area contributed by atoms with E-state index in [4.69, 9.17) is 9.47 Å². The fourth-order valence-electron chi connectivity index (χ4n) is 1.74. The fourth-order valence-corrected chi connectivity index (χ4v) is 3.34. The first kappa shape index (κ1) is 15.5. The highest BCUT2D eigenvalue weighted by Gasteiger charge is 2.28. The lowest BCUT2D eigenvalue weighted by atomic mass is 10.2. The molecule has 0 saturated heterocycles. The summed E-state index contributed by atoms with van der Waals surface area (Å²) in [5, 5.41) is -0.800. The van der Waals surface area contributed by atoms with Crippen molar-refractivity contribution in [3.8, 4) is 11.5 Å². The van der Waals surface area contributed by atoms with Crippen LogP contribution in [0, 0.1) is 0 Å². The highest BCUT2D eigenvalue weighted by molar-refractivity contribution is 7.92. The number of hydrogen-bond acceptors (Lipinski definition) is 5. The normalized spacial score (nSPS) is 12.8. The van der Waals surface area contributed by atoms with Gasteiger partial charge >= 0.3 is 0 Å². The number of methoxy groups -OCH3 is 2. The molecule has 0 spiro atoms. The van der Waals surface area contributed by atoms with E-state index in [-0.39, 0.29) is 22.8 Å². The van der Waals surface area contributed by atoms with Crippen molar-refractivity contribution in [2.75, 3.05) is 14.2 Å². The van der Waals surface area contributed by atoms with Gasteiger partial charge in [0.2, 0.25) is 0 Å². The molecule has 0 aliphatic rings. The minimum absolute atomic E-state index is 0.0251. The van der Waals surface area contributed by atoms with E-state index in [0.29, 0.717) is 5.75 Å². The Morgan fingerprint density at radius 2 is 1.89 bits per heavy atom. The van der Waals surface area contributed by atoms with Gasteiger partial charge in [0.25, 0.3) is 0 Å². The van der Waals surface area contributed by atoms with E-state index >= 15 is 0 Å². The number of hydrogen-bond donors (Lipinski definition) is 0. The summed E-state index contributed by atoms with van der Waals surface area (Å²) < 4.78 is 34.9. The molecule has 5 nitrogen and oxygen atoms in total. The van der Waals surface area contributed by atoms with Gasteiger partial charge in [-0.1, -0.05) is 0 Å². The summed E-state index contributed by atoms with van der Waals surface area (Å²) in [6.07, 6.45) is -0.0251. The van der Waals surface area contributed by atoms with Crippen LogP contribution in [0.5, 0.6) is 11.5 Å². The van der Waals surface area contributed by atoms with Crippen LogP contribution < -0.4 is 9.47 Å². The molecule has 1 rings (SSSR count). The quantitative estimate of drug-likeness (QED) is 0.798. The minimum atomic E-state index is -3.64. The molecular formula is C13H18O5S. The number of benzene rings is 1. The van der Waals surface area contributed by atoms with Crippen molar-refractivity contribution >= 4 is 15.6 Å². The number of carbonyl (C=O) groups excluding carboxylic acids is 1. The molecule has 1 unspecified atom stereocenters. The smallest absolute Gasteiger partial charge is 0.185 e. The Labute approximate surface area is 113 Å². The van der Waals surface area contributed by atoms with E-state index < -0.39 is 15.1 Å². The largest absolute Gasteiger partial charge is 0.497 e. The summed E-state index contributed by atoms with van der Waals surface area (Å²) in [5.74, 6) is 0.503. The van der Waals surface area contributed by atoms with E-state index in [0.717, 1.165) is 0 Å². The zero-order valence-electron chi connectivity index (χ0n) is 11.5. The molecule has 1 aromatic carbocycles. The van der Waals surface area contributed by atoms with E-state index in [1.807, 2.05) is 0 Å². The van der Waals surface area contributed by atoms with Gasteiger partial charge in [0, 0.05) is 12.5 Å². The van der Waals surface area contributed by atoms with Crippen LogP contribution in [-0.4, -0.2) is 33.7 Å². The van der Waals surface area contributed by atoms with Crippen LogP contribution in [0.15, 0.2) is 23.1 Å². The average molecular weight is 286 g/mol. The highest BCUT2D eigenvalue weighted by atomic mass is 32.2. The summed E-state index contributed by atoms with van der Waals surface area (Å²) in [7, 11) is -0.780. The Kier molecular flexibility index (Phi) is 4.94. The first-order chi connectivity index (χ1) is 8.82. The SMILES string of the molecule is COc1ccc(OC)c(S(=O)(=O)C(C)CC(C)=O)c1. The van der Waals surface area contributed by atoms with Crippen molar-refractivity contribution < 1.29 is 22.7 Å². The van der Waals surface area contributed by atoms with Gasteiger partial charge in [-0.05, 0) is 26.0 Å². The lowest BCUT2D eigenvalue weighted by molar-refractivity contribution is -0.116. The number of carbonyl (C=O) groups is 1. The maximum Gasteiger partial charge on any atom is 0.185 e. The molecule has 0 heterocycles. The van der Waals surface area contributed by atoms with Gasteiger partial charge in [-0.2, -0.15) is 0 Å². The number of ether oxygens (including phenoxy) is 2. The van der Waals surface area contributed by atoms with E-state index in [1.54, 1.807) is 6.07 Å². The van der Waals surface area contributed by atoms with Crippen LogP contribution in [-0.2, 0) is 14.6 Å². The molecule has 0 N–H and O–H groups in total. The fraction of sp³-hybridized carbons (Fsp3) is 0.462. The lowest BCUT2D eigenvalue weighted by Crippen LogP contribution is -2.21. The summed E-state index contributed by atoms with van der Waals surface area (Å²) in [5.41, 5.74) is 0. The average Bonchev–Trinajstić information content (AvgIpc) is 2.37. The van der Waals surface area contributed by atoms with Crippen molar-refractivity contribution in [1.82, 2.24) is 0 Å². The third-order valence-corrected chi connectivity index (χ3v) is 4.94. The topological polar surface area (TPSA) is 69.7 Å². The molecule has 0 fully saturated rings. The third-order valence-electron chi connectivity index (χ3n) is 2.78. The lowest BCUT2D eigenvalue weighted by Gasteiger charge is -2.15. The van der Waals surface area contributed by atoms with Crippen LogP contribution in [0.2, 0.25) is 0 Å². The van der Waals surface area contributed by atoms with Crippen molar-refractivity contribution in [2.45, 2.75) is 30.4 Å². The summed E-state index contributed by atoms with van der Waals surface area (Å²) in [4.78, 5) is 11.1. The monoisotopic (exact) mass is 286 g/mol. The van der Waals surface area contributed by atoms with Crippen molar-refractivity contribution in [3.63, 3.8) is 0 Å². The van der Waals surface area contributed by atoms with Gasteiger partial charge in [0.05, 0.1) is 19.5 Å². The molecule has 0 amide bonds. The van der Waals surface area contributed by atoms with Crippen molar-refractivity contribution in [3.05, 3.63) is 18.2 Å². The molecule has 0 aromatic heterocycles. The Bertz CT molecular complexity index is 562. The standard InChI is InChI=1S/C13H18O5S/c1-9(14)7-10(2)19(15,16)13-8-11(17-3)5-6-12(13)18-4/h5-6,8,10H,7H2,1-4H3. The zero-order chi connectivity index (χ0) is 14.6. The molecule has 0 radical (unpaired) electrons. The second-order valence-electron chi connectivity index (χ2n) is 4.28. The maximum atomic E-state index is 12.4. The number of Topliss-reactive ketones (excluding diaryl/α,β-unsaturated/α-hetero) is 1. The first-order valence-electron chi connectivity index (χ1n) is 5.78. The minimum Gasteiger partial charge on any atom is -0.497 e. The zero-order valence-corrected chi connectivity index (χ0v) is 12.3. The Morgan fingerprint density at radius 1 is 1.26 bits per heavy atom. The van der Waals surface area contributed by atoms with Gasteiger partial charge in [0.1, 0.15) is 22.2 Å². The van der Waals surface area contributed by atoms with E-state index in [2.05, 4.69) is 0 Å². The third kappa shape index (κ3) is 3.47. The number of sulfone groups is 1. The molecule has 106 valence electrons. The molecule has 0 saturated carbocycles. The molecule has 1 atom stereocenters. The molecule has 1 aromatic rings. The van der Waals surface area contributed by atoms with Crippen molar-refractivity contribution in [2.24, 2.45) is 0 Å². The number of rotatable bonds is 6. The Morgan fingerprint density at radius 3 is 2.37 bits per heavy atom. The van der Waals surface area contributed by atoms with Crippen LogP contribution in [0.1, 0.15) is 20.3 Å². The van der Waals surface area contributed by atoms with Gasteiger partial charge in [-0.3, -0.25) is 4.79 Å². The van der Waals surface area contributed by atoms with E-state index in [9.17, 15) is 13.2 Å². The molecule has 0 aliphatic heterocycles. The van der Waals surface area contributed by atoms with E-state index in [1.165, 1.54) is 40.2 Å². The Hall–Kier alpha value is -1.56. The van der Waals surface area contributed by atoms with Gasteiger partial charge in [-0.15, -0.1) is 0 Å². The van der Waals surface area contributed by atoms with Crippen LogP contribution in [0.3, 0.4) is 0 Å². The Balaban J connectivity index is 3.29. The van der Waals surface area contributed by atoms with Crippen LogP contribution >= 0.6 is 0 Å². The molecular weight excluding hydrogens is 268 g/mol. The van der Waals surface area contributed by atoms with Crippen molar-refractivity contribution in [1.29, 1.82) is 0 Å². The molecule has 0 bridgehead atoms. The maximum absolute atomic E-state index is 12.4. The summed E-state index contributed by atoms with van der Waals surface area (Å²) >= 11 is 0. The molecule has 6 heteroatoms. The summed E-state index contributed by atoms with van der Waals surface area (Å²) in [6, 6.07) is 4.56. The second-order valence-corrected chi connectivity index (χ2v) is 6.61. The predicted octanol–water partition coefficient (Wildman–Crippen LogP) is 1.85. The van der Waals surface area contributed by atoms with Crippen LogP contribution in [0.4, 0.5) is 0 Å². The first-order valence-corrected chi connectivity index (χ1v) is 7.33. The van der Waals surface area contributed by atoms with Gasteiger partial charge < -0.3 is 9.47 Å². The predicted molar refractivity (Wildman–Crippen MR) is 71.5 cm³/mol.